The summed E-state index contributed by atoms with van der Waals surface area (Å²) >= 11 is 1.34. The summed E-state index contributed by atoms with van der Waals surface area (Å²) in [6.07, 6.45) is 1.83. The summed E-state index contributed by atoms with van der Waals surface area (Å²) in [6.45, 7) is 5.07. The van der Waals surface area contributed by atoms with Crippen molar-refractivity contribution in [2.24, 2.45) is 0 Å². The summed E-state index contributed by atoms with van der Waals surface area (Å²) in [4.78, 5) is 3.95. The summed E-state index contributed by atoms with van der Waals surface area (Å²) < 4.78 is 10.6. The van der Waals surface area contributed by atoms with Crippen LogP contribution in [0.4, 0.5) is 5.00 Å². The lowest BCUT2D eigenvalue weighted by Crippen LogP contribution is -2.11. The van der Waals surface area contributed by atoms with E-state index in [-0.39, 0.29) is 6.10 Å². The lowest BCUT2D eigenvalue weighted by Gasteiger charge is -2.06. The first-order chi connectivity index (χ1) is 6.18. The summed E-state index contributed by atoms with van der Waals surface area (Å²) in [6, 6.07) is 0. The van der Waals surface area contributed by atoms with Crippen molar-refractivity contribution in [1.29, 1.82) is 0 Å². The van der Waals surface area contributed by atoms with Gasteiger partial charge in [-0.05, 0) is 13.8 Å². The largest absolute Gasteiger partial charge is 0.468 e. The minimum atomic E-state index is 0.241. The van der Waals surface area contributed by atoms with Crippen LogP contribution in [0, 0.1) is 0 Å². The molecule has 74 valence electrons. The molecule has 0 atom stereocenters. The molecule has 2 N–H and O–H groups in total. The quantitative estimate of drug-likeness (QED) is 0.736. The monoisotopic (exact) mass is 202 g/mol. The van der Waals surface area contributed by atoms with Gasteiger partial charge in [0.1, 0.15) is 11.6 Å². The first-order valence-corrected chi connectivity index (χ1v) is 4.96. The smallest absolute Gasteiger partial charge is 0.275 e. The molecule has 1 heterocycles. The number of hydrogen-bond donors (Lipinski definition) is 1. The van der Waals surface area contributed by atoms with E-state index < -0.39 is 0 Å². The molecule has 0 radical (unpaired) electrons. The lowest BCUT2D eigenvalue weighted by molar-refractivity contribution is 0.0552. The first kappa shape index (κ1) is 10.3. The molecule has 1 rings (SSSR count). The molecule has 0 saturated carbocycles. The third kappa shape index (κ3) is 4.10. The Bertz CT molecular complexity index is 250. The average Bonchev–Trinajstić information content (AvgIpc) is 2.45. The molecule has 0 saturated heterocycles. The van der Waals surface area contributed by atoms with E-state index in [1.54, 1.807) is 6.20 Å². The fourth-order valence-electron chi connectivity index (χ4n) is 0.749. The van der Waals surface area contributed by atoms with Crippen LogP contribution in [0.2, 0.25) is 0 Å². The molecule has 0 unspecified atom stereocenters. The van der Waals surface area contributed by atoms with Gasteiger partial charge in [0.15, 0.2) is 0 Å². The molecule has 5 heteroatoms. The van der Waals surface area contributed by atoms with Crippen molar-refractivity contribution in [1.82, 2.24) is 4.98 Å². The molecular formula is C8H14N2O2S. The Morgan fingerprint density at radius 1 is 1.54 bits per heavy atom. The molecule has 0 aliphatic rings. The van der Waals surface area contributed by atoms with Crippen LogP contribution in [0.5, 0.6) is 5.19 Å². The van der Waals surface area contributed by atoms with Crippen molar-refractivity contribution in [2.45, 2.75) is 20.0 Å². The Morgan fingerprint density at radius 3 is 2.85 bits per heavy atom. The van der Waals surface area contributed by atoms with Gasteiger partial charge in [-0.2, -0.15) is 0 Å². The predicted molar refractivity (Wildman–Crippen MR) is 53.1 cm³/mol. The fourth-order valence-corrected chi connectivity index (χ4v) is 1.30. The number of aromatic nitrogens is 1. The molecule has 1 aromatic heterocycles. The molecule has 0 aliphatic heterocycles. The highest BCUT2D eigenvalue weighted by molar-refractivity contribution is 7.17. The predicted octanol–water partition coefficient (Wildman–Crippen LogP) is 1.53. The Morgan fingerprint density at radius 2 is 2.31 bits per heavy atom. The van der Waals surface area contributed by atoms with E-state index in [1.165, 1.54) is 11.3 Å². The van der Waals surface area contributed by atoms with Gasteiger partial charge in [0, 0.05) is 0 Å². The zero-order chi connectivity index (χ0) is 9.68. The van der Waals surface area contributed by atoms with Gasteiger partial charge in [-0.1, -0.05) is 11.3 Å². The molecule has 0 fully saturated rings. The molecule has 13 heavy (non-hydrogen) atoms. The number of hydrogen-bond acceptors (Lipinski definition) is 5. The van der Waals surface area contributed by atoms with Crippen LogP contribution in [-0.4, -0.2) is 24.3 Å². The third-order valence-corrected chi connectivity index (χ3v) is 2.00. The van der Waals surface area contributed by atoms with E-state index >= 15 is 0 Å². The van der Waals surface area contributed by atoms with Gasteiger partial charge < -0.3 is 15.2 Å². The minimum Gasteiger partial charge on any atom is -0.468 e. The maximum Gasteiger partial charge on any atom is 0.275 e. The molecule has 0 spiro atoms. The normalized spacial score (nSPS) is 10.7. The Hall–Kier alpha value is -0.810. The maximum atomic E-state index is 5.48. The van der Waals surface area contributed by atoms with Crippen LogP contribution in [0.15, 0.2) is 6.20 Å². The van der Waals surface area contributed by atoms with Gasteiger partial charge in [0.05, 0.1) is 18.9 Å². The van der Waals surface area contributed by atoms with Crippen LogP contribution in [0.3, 0.4) is 0 Å². The van der Waals surface area contributed by atoms with E-state index in [0.717, 1.165) is 0 Å². The molecular weight excluding hydrogens is 188 g/mol. The summed E-state index contributed by atoms with van der Waals surface area (Å²) in [5, 5.41) is 1.27. The van der Waals surface area contributed by atoms with E-state index in [1.807, 2.05) is 13.8 Å². The first-order valence-electron chi connectivity index (χ1n) is 4.14. The second kappa shape index (κ2) is 5.04. The summed E-state index contributed by atoms with van der Waals surface area (Å²) in [5.41, 5.74) is 5.48. The van der Waals surface area contributed by atoms with Gasteiger partial charge in [-0.25, -0.2) is 4.98 Å². The van der Waals surface area contributed by atoms with Crippen molar-refractivity contribution in [3.05, 3.63) is 6.20 Å². The number of rotatable bonds is 5. The van der Waals surface area contributed by atoms with Gasteiger partial charge in [0.2, 0.25) is 0 Å². The Kier molecular flexibility index (Phi) is 3.98. The zero-order valence-electron chi connectivity index (χ0n) is 7.82. The van der Waals surface area contributed by atoms with Gasteiger partial charge >= 0.3 is 0 Å². The SMILES string of the molecule is CC(C)OCCOc1ncc(N)s1. The fraction of sp³-hybridized carbons (Fsp3) is 0.625. The summed E-state index contributed by atoms with van der Waals surface area (Å²) in [5.74, 6) is 0. The lowest BCUT2D eigenvalue weighted by atomic mass is 10.5. The number of ether oxygens (including phenoxy) is 2. The average molecular weight is 202 g/mol. The van der Waals surface area contributed by atoms with Crippen LogP contribution >= 0.6 is 11.3 Å². The van der Waals surface area contributed by atoms with Gasteiger partial charge in [0.25, 0.3) is 5.19 Å². The molecule has 0 amide bonds. The zero-order valence-corrected chi connectivity index (χ0v) is 8.63. The van der Waals surface area contributed by atoms with Crippen molar-refractivity contribution in [2.75, 3.05) is 18.9 Å². The van der Waals surface area contributed by atoms with Crippen LogP contribution in [0.25, 0.3) is 0 Å². The number of anilines is 1. The standard InChI is InChI=1S/C8H14N2O2S/c1-6(2)11-3-4-12-8-10-5-7(9)13-8/h5-6H,3-4,9H2,1-2H3. The van der Waals surface area contributed by atoms with Gasteiger partial charge in [-0.15, -0.1) is 0 Å². The highest BCUT2D eigenvalue weighted by atomic mass is 32.1. The number of nitrogen functional groups attached to an aromatic ring is 1. The maximum absolute atomic E-state index is 5.48. The minimum absolute atomic E-state index is 0.241. The molecule has 0 aromatic carbocycles. The second-order valence-electron chi connectivity index (χ2n) is 2.80. The number of nitrogens with two attached hydrogens (primary N) is 1. The van der Waals surface area contributed by atoms with Crippen LogP contribution < -0.4 is 10.5 Å². The van der Waals surface area contributed by atoms with E-state index in [9.17, 15) is 0 Å². The van der Waals surface area contributed by atoms with Crippen molar-refractivity contribution in [3.8, 4) is 5.19 Å². The summed E-state index contributed by atoms with van der Waals surface area (Å²) in [7, 11) is 0. The van der Waals surface area contributed by atoms with E-state index in [2.05, 4.69) is 4.98 Å². The van der Waals surface area contributed by atoms with E-state index in [0.29, 0.717) is 23.4 Å². The topological polar surface area (TPSA) is 57.4 Å². The molecule has 0 aliphatic carbocycles. The van der Waals surface area contributed by atoms with Crippen molar-refractivity contribution < 1.29 is 9.47 Å². The third-order valence-electron chi connectivity index (χ3n) is 1.26. The Labute approximate surface area is 81.7 Å². The highest BCUT2D eigenvalue weighted by Crippen LogP contribution is 2.21. The Balaban J connectivity index is 2.13. The van der Waals surface area contributed by atoms with Crippen LogP contribution in [-0.2, 0) is 4.74 Å². The second-order valence-corrected chi connectivity index (χ2v) is 3.82. The van der Waals surface area contributed by atoms with Crippen molar-refractivity contribution >= 4 is 16.3 Å². The molecule has 1 aromatic rings. The van der Waals surface area contributed by atoms with E-state index in [4.69, 9.17) is 15.2 Å². The van der Waals surface area contributed by atoms with Crippen LogP contribution in [0.1, 0.15) is 13.8 Å². The number of nitrogens with zero attached hydrogens (tertiary/aromatic N) is 1. The highest BCUT2D eigenvalue weighted by Gasteiger charge is 1.99. The van der Waals surface area contributed by atoms with Crippen molar-refractivity contribution in [3.63, 3.8) is 0 Å². The molecule has 0 bridgehead atoms. The number of thiazole rings is 1. The molecule has 4 nitrogen and oxygen atoms in total. The van der Waals surface area contributed by atoms with Gasteiger partial charge in [-0.3, -0.25) is 0 Å².